The standard InChI is InChI=1S/C9H15NS/c1-3-7-11-9-8(2)5-4-6-10-9/h4-5,10H,3,6-7H2,1-2H3. The Kier molecular flexibility index (Phi) is 3.57. The summed E-state index contributed by atoms with van der Waals surface area (Å²) in [7, 11) is 0. The number of dihydropyridines is 1. The Morgan fingerprint density at radius 3 is 3.09 bits per heavy atom. The lowest BCUT2D eigenvalue weighted by Gasteiger charge is -2.14. The third-order valence-electron chi connectivity index (χ3n) is 1.56. The van der Waals surface area contributed by atoms with Gasteiger partial charge in [-0.05, 0) is 24.7 Å². The van der Waals surface area contributed by atoms with E-state index in [1.54, 1.807) is 0 Å². The lowest BCUT2D eigenvalue weighted by Crippen LogP contribution is -2.15. The summed E-state index contributed by atoms with van der Waals surface area (Å²) >= 11 is 1.92. The minimum Gasteiger partial charge on any atom is -0.376 e. The van der Waals surface area contributed by atoms with E-state index in [0.717, 1.165) is 6.54 Å². The van der Waals surface area contributed by atoms with Crippen molar-refractivity contribution in [2.45, 2.75) is 20.3 Å². The van der Waals surface area contributed by atoms with Crippen LogP contribution < -0.4 is 5.32 Å². The minimum absolute atomic E-state index is 0.989. The van der Waals surface area contributed by atoms with Gasteiger partial charge in [-0.1, -0.05) is 19.1 Å². The Labute approximate surface area is 72.9 Å². The van der Waals surface area contributed by atoms with Crippen LogP contribution in [0, 0.1) is 0 Å². The highest BCUT2D eigenvalue weighted by molar-refractivity contribution is 8.03. The smallest absolute Gasteiger partial charge is 0.0713 e. The zero-order chi connectivity index (χ0) is 8.10. The maximum Gasteiger partial charge on any atom is 0.0713 e. The molecule has 1 rings (SSSR count). The maximum absolute atomic E-state index is 3.36. The second kappa shape index (κ2) is 4.50. The van der Waals surface area contributed by atoms with Gasteiger partial charge in [0.05, 0.1) is 5.03 Å². The Morgan fingerprint density at radius 1 is 1.64 bits per heavy atom. The molecule has 0 aromatic rings. The van der Waals surface area contributed by atoms with Crippen molar-refractivity contribution in [3.05, 3.63) is 22.8 Å². The summed E-state index contributed by atoms with van der Waals surface area (Å²) in [5, 5.41) is 4.72. The van der Waals surface area contributed by atoms with Crippen LogP contribution in [0.4, 0.5) is 0 Å². The van der Waals surface area contributed by atoms with Gasteiger partial charge in [-0.25, -0.2) is 0 Å². The molecule has 0 unspecified atom stereocenters. The number of allylic oxidation sites excluding steroid dienone is 2. The van der Waals surface area contributed by atoms with Gasteiger partial charge in [-0.3, -0.25) is 0 Å². The molecule has 62 valence electrons. The van der Waals surface area contributed by atoms with Crippen LogP contribution in [0.5, 0.6) is 0 Å². The highest BCUT2D eigenvalue weighted by Crippen LogP contribution is 2.20. The SMILES string of the molecule is CCCSC1=C(C)C=CCN1. The van der Waals surface area contributed by atoms with Gasteiger partial charge < -0.3 is 5.32 Å². The lowest BCUT2D eigenvalue weighted by atomic mass is 10.2. The zero-order valence-corrected chi connectivity index (χ0v) is 8.00. The van der Waals surface area contributed by atoms with Gasteiger partial charge in [0.1, 0.15) is 0 Å². The molecule has 0 aromatic carbocycles. The van der Waals surface area contributed by atoms with Crippen molar-refractivity contribution in [3.8, 4) is 0 Å². The fourth-order valence-electron chi connectivity index (χ4n) is 0.971. The summed E-state index contributed by atoms with van der Waals surface area (Å²) in [5.41, 5.74) is 1.37. The molecule has 11 heavy (non-hydrogen) atoms. The number of hydrogen-bond donors (Lipinski definition) is 1. The molecule has 0 radical (unpaired) electrons. The predicted octanol–water partition coefficient (Wildman–Crippen LogP) is 2.52. The fourth-order valence-corrected chi connectivity index (χ4v) is 1.86. The molecule has 0 saturated heterocycles. The summed E-state index contributed by atoms with van der Waals surface area (Å²) in [6.07, 6.45) is 5.59. The van der Waals surface area contributed by atoms with Gasteiger partial charge in [0.25, 0.3) is 0 Å². The Morgan fingerprint density at radius 2 is 2.45 bits per heavy atom. The number of hydrogen-bond acceptors (Lipinski definition) is 2. The molecule has 1 heterocycles. The van der Waals surface area contributed by atoms with Crippen LogP contribution in [0.25, 0.3) is 0 Å². The Hall–Kier alpha value is -0.370. The number of nitrogens with one attached hydrogen (secondary N) is 1. The molecule has 1 aliphatic rings. The molecule has 0 amide bonds. The number of thioether (sulfide) groups is 1. The molecular formula is C9H15NS. The molecule has 0 aliphatic carbocycles. The van der Waals surface area contributed by atoms with E-state index in [2.05, 4.69) is 31.3 Å². The third kappa shape index (κ3) is 2.62. The average molecular weight is 169 g/mol. The first kappa shape index (κ1) is 8.72. The monoisotopic (exact) mass is 169 g/mol. The normalized spacial score (nSPS) is 16.9. The van der Waals surface area contributed by atoms with Crippen molar-refractivity contribution in [3.63, 3.8) is 0 Å². The van der Waals surface area contributed by atoms with Crippen LogP contribution >= 0.6 is 11.8 Å². The van der Waals surface area contributed by atoms with E-state index in [1.165, 1.54) is 22.8 Å². The summed E-state index contributed by atoms with van der Waals surface area (Å²) in [5.74, 6) is 1.22. The summed E-state index contributed by atoms with van der Waals surface area (Å²) in [4.78, 5) is 0. The second-order valence-electron chi connectivity index (χ2n) is 2.64. The van der Waals surface area contributed by atoms with Crippen molar-refractivity contribution < 1.29 is 0 Å². The van der Waals surface area contributed by atoms with E-state index >= 15 is 0 Å². The van der Waals surface area contributed by atoms with Crippen LogP contribution in [0.3, 0.4) is 0 Å². The molecule has 1 aliphatic heterocycles. The topological polar surface area (TPSA) is 12.0 Å². The van der Waals surface area contributed by atoms with Crippen LogP contribution in [0.15, 0.2) is 22.8 Å². The molecule has 0 saturated carbocycles. The molecule has 0 fully saturated rings. The van der Waals surface area contributed by atoms with Crippen LogP contribution in [-0.4, -0.2) is 12.3 Å². The van der Waals surface area contributed by atoms with Crippen molar-refractivity contribution in [2.24, 2.45) is 0 Å². The molecule has 0 atom stereocenters. The second-order valence-corrected chi connectivity index (χ2v) is 3.75. The molecule has 0 bridgehead atoms. The Bertz CT molecular complexity index is 182. The molecule has 1 N–H and O–H groups in total. The van der Waals surface area contributed by atoms with Crippen molar-refractivity contribution >= 4 is 11.8 Å². The molecule has 1 nitrogen and oxygen atoms in total. The van der Waals surface area contributed by atoms with Gasteiger partial charge in [-0.15, -0.1) is 11.8 Å². The van der Waals surface area contributed by atoms with Crippen molar-refractivity contribution in [2.75, 3.05) is 12.3 Å². The van der Waals surface area contributed by atoms with E-state index in [0.29, 0.717) is 0 Å². The van der Waals surface area contributed by atoms with Crippen LogP contribution in [-0.2, 0) is 0 Å². The van der Waals surface area contributed by atoms with E-state index in [9.17, 15) is 0 Å². The van der Waals surface area contributed by atoms with E-state index in [4.69, 9.17) is 0 Å². The van der Waals surface area contributed by atoms with Gasteiger partial charge in [0.2, 0.25) is 0 Å². The van der Waals surface area contributed by atoms with Crippen molar-refractivity contribution in [1.29, 1.82) is 0 Å². The first-order chi connectivity index (χ1) is 5.34. The average Bonchev–Trinajstić information content (AvgIpc) is 2.03. The summed E-state index contributed by atoms with van der Waals surface area (Å²) in [6.45, 7) is 5.35. The fraction of sp³-hybridized carbons (Fsp3) is 0.556. The van der Waals surface area contributed by atoms with Gasteiger partial charge in [0.15, 0.2) is 0 Å². The van der Waals surface area contributed by atoms with Gasteiger partial charge in [-0.2, -0.15) is 0 Å². The van der Waals surface area contributed by atoms with E-state index in [-0.39, 0.29) is 0 Å². The highest BCUT2D eigenvalue weighted by Gasteiger charge is 2.02. The first-order valence-corrected chi connectivity index (χ1v) is 5.07. The zero-order valence-electron chi connectivity index (χ0n) is 7.18. The molecule has 0 spiro atoms. The highest BCUT2D eigenvalue weighted by atomic mass is 32.2. The van der Waals surface area contributed by atoms with Gasteiger partial charge in [0, 0.05) is 6.54 Å². The minimum atomic E-state index is 0.989. The number of rotatable bonds is 3. The lowest BCUT2D eigenvalue weighted by molar-refractivity contribution is 0.933. The Balaban J connectivity index is 2.46. The largest absolute Gasteiger partial charge is 0.376 e. The molecule has 0 aromatic heterocycles. The van der Waals surface area contributed by atoms with Crippen molar-refractivity contribution in [1.82, 2.24) is 5.32 Å². The summed E-state index contributed by atoms with van der Waals surface area (Å²) < 4.78 is 0. The quantitative estimate of drug-likeness (QED) is 0.696. The molecule has 2 heteroatoms. The first-order valence-electron chi connectivity index (χ1n) is 4.08. The van der Waals surface area contributed by atoms with E-state index < -0.39 is 0 Å². The maximum atomic E-state index is 3.36. The molecular weight excluding hydrogens is 154 g/mol. The van der Waals surface area contributed by atoms with Gasteiger partial charge >= 0.3 is 0 Å². The third-order valence-corrected chi connectivity index (χ3v) is 2.92. The van der Waals surface area contributed by atoms with Crippen LogP contribution in [0.2, 0.25) is 0 Å². The summed E-state index contributed by atoms with van der Waals surface area (Å²) in [6, 6.07) is 0. The van der Waals surface area contributed by atoms with E-state index in [1.807, 2.05) is 11.8 Å². The van der Waals surface area contributed by atoms with Crippen LogP contribution in [0.1, 0.15) is 20.3 Å². The predicted molar refractivity (Wildman–Crippen MR) is 52.6 cm³/mol.